The fraction of sp³-hybridized carbons (Fsp3) is 0.421. The van der Waals surface area contributed by atoms with Crippen LogP contribution in [-0.2, 0) is 0 Å². The standard InChI is InChI=1S/C19H21N3O3/c1-12-9-16(21-19(24)20-12)18(23)22-10-13-7-8-17(15(13)11-22)25-14-5-3-2-4-6-14/h2-6,9,13,15,17H,7-8,10-11H2,1H3,(H,20,21,24)/t13-,15+,17-/m0/s1. The number of nitrogens with zero attached hydrogens (tertiary/aromatic N) is 2. The molecule has 1 aromatic heterocycles. The number of H-pyrrole nitrogens is 1. The molecule has 0 bridgehead atoms. The lowest BCUT2D eigenvalue weighted by molar-refractivity contribution is 0.0756. The van der Waals surface area contributed by atoms with Gasteiger partial charge in [-0.15, -0.1) is 0 Å². The van der Waals surface area contributed by atoms with Gasteiger partial charge in [-0.2, -0.15) is 4.98 Å². The molecule has 1 aromatic carbocycles. The van der Waals surface area contributed by atoms with E-state index < -0.39 is 5.69 Å². The van der Waals surface area contributed by atoms with Gasteiger partial charge in [-0.1, -0.05) is 18.2 Å². The minimum Gasteiger partial charge on any atom is -0.490 e. The lowest BCUT2D eigenvalue weighted by atomic mass is 9.99. The topological polar surface area (TPSA) is 75.3 Å². The largest absolute Gasteiger partial charge is 0.490 e. The number of hydrogen-bond donors (Lipinski definition) is 1. The lowest BCUT2D eigenvalue weighted by Crippen LogP contribution is -2.34. The number of nitrogens with one attached hydrogen (secondary N) is 1. The molecule has 1 amide bonds. The summed E-state index contributed by atoms with van der Waals surface area (Å²) in [5.41, 5.74) is 0.391. The van der Waals surface area contributed by atoms with Crippen LogP contribution in [0.15, 0.2) is 41.2 Å². The Hall–Kier alpha value is -2.63. The van der Waals surface area contributed by atoms with Gasteiger partial charge in [0.2, 0.25) is 0 Å². The van der Waals surface area contributed by atoms with E-state index in [2.05, 4.69) is 9.97 Å². The highest BCUT2D eigenvalue weighted by molar-refractivity contribution is 5.92. The Morgan fingerprint density at radius 3 is 2.80 bits per heavy atom. The number of aromatic nitrogens is 2. The maximum Gasteiger partial charge on any atom is 0.345 e. The Morgan fingerprint density at radius 2 is 2.04 bits per heavy atom. The van der Waals surface area contributed by atoms with Crippen molar-refractivity contribution >= 4 is 5.91 Å². The van der Waals surface area contributed by atoms with Crippen LogP contribution in [0.25, 0.3) is 0 Å². The van der Waals surface area contributed by atoms with Crippen LogP contribution in [-0.4, -0.2) is 40.0 Å². The molecule has 1 aliphatic carbocycles. The molecule has 2 aliphatic rings. The highest BCUT2D eigenvalue weighted by Gasteiger charge is 2.45. The highest BCUT2D eigenvalue weighted by Crippen LogP contribution is 2.40. The first-order valence-corrected chi connectivity index (χ1v) is 8.69. The molecular weight excluding hydrogens is 318 g/mol. The molecule has 1 aliphatic heterocycles. The number of likely N-dealkylation sites (tertiary alicyclic amines) is 1. The summed E-state index contributed by atoms with van der Waals surface area (Å²) in [5.74, 6) is 1.51. The second-order valence-electron chi connectivity index (χ2n) is 6.94. The summed E-state index contributed by atoms with van der Waals surface area (Å²) in [6, 6.07) is 11.5. The first-order valence-electron chi connectivity index (χ1n) is 8.69. The Bertz CT molecular complexity index is 833. The SMILES string of the molecule is Cc1cc(C(=O)N2C[C@@H]3CC[C@H](Oc4ccccc4)[C@@H]3C2)nc(=O)[nH]1. The van der Waals surface area contributed by atoms with E-state index in [-0.39, 0.29) is 17.7 Å². The Kier molecular flexibility index (Phi) is 4.03. The maximum atomic E-state index is 12.7. The number of rotatable bonds is 3. The average molecular weight is 339 g/mol. The summed E-state index contributed by atoms with van der Waals surface area (Å²) < 4.78 is 6.15. The number of aryl methyl sites for hydroxylation is 1. The first kappa shape index (κ1) is 15.9. The van der Waals surface area contributed by atoms with E-state index in [1.54, 1.807) is 13.0 Å². The minimum absolute atomic E-state index is 0.138. The Morgan fingerprint density at radius 1 is 1.24 bits per heavy atom. The van der Waals surface area contributed by atoms with Crippen LogP contribution in [0.2, 0.25) is 0 Å². The van der Waals surface area contributed by atoms with Crippen LogP contribution < -0.4 is 10.4 Å². The van der Waals surface area contributed by atoms with E-state index in [1.165, 1.54) is 0 Å². The number of hydrogen-bond acceptors (Lipinski definition) is 4. The van der Waals surface area contributed by atoms with Crippen LogP contribution in [0.5, 0.6) is 5.75 Å². The number of carbonyl (C=O) groups excluding carboxylic acids is 1. The zero-order chi connectivity index (χ0) is 17.4. The Labute approximate surface area is 145 Å². The van der Waals surface area contributed by atoms with Crippen LogP contribution >= 0.6 is 0 Å². The molecule has 6 nitrogen and oxygen atoms in total. The highest BCUT2D eigenvalue weighted by atomic mass is 16.5. The van der Waals surface area contributed by atoms with Crippen molar-refractivity contribution < 1.29 is 9.53 Å². The molecule has 3 atom stereocenters. The quantitative estimate of drug-likeness (QED) is 0.928. The number of aromatic amines is 1. The van der Waals surface area contributed by atoms with E-state index >= 15 is 0 Å². The molecule has 6 heteroatoms. The van der Waals surface area contributed by atoms with Gasteiger partial charge < -0.3 is 14.6 Å². The van der Waals surface area contributed by atoms with Crippen molar-refractivity contribution in [3.8, 4) is 5.75 Å². The molecule has 130 valence electrons. The van der Waals surface area contributed by atoms with E-state index in [0.717, 1.165) is 18.6 Å². The van der Waals surface area contributed by atoms with Gasteiger partial charge in [0, 0.05) is 24.7 Å². The molecule has 2 heterocycles. The summed E-state index contributed by atoms with van der Waals surface area (Å²) in [6.45, 7) is 3.13. The third-order valence-electron chi connectivity index (χ3n) is 5.21. The monoisotopic (exact) mass is 339 g/mol. The molecule has 0 spiro atoms. The number of benzene rings is 1. The molecular formula is C19H21N3O3. The summed E-state index contributed by atoms with van der Waals surface area (Å²) in [6.07, 6.45) is 2.22. The zero-order valence-electron chi connectivity index (χ0n) is 14.1. The molecule has 4 rings (SSSR count). The van der Waals surface area contributed by atoms with Gasteiger partial charge in [0.15, 0.2) is 0 Å². The van der Waals surface area contributed by atoms with Gasteiger partial charge >= 0.3 is 5.69 Å². The van der Waals surface area contributed by atoms with Crippen molar-refractivity contribution in [1.82, 2.24) is 14.9 Å². The molecule has 0 radical (unpaired) electrons. The number of fused-ring (bicyclic) bond motifs is 1. The van der Waals surface area contributed by atoms with Crippen LogP contribution in [0.3, 0.4) is 0 Å². The van der Waals surface area contributed by atoms with Crippen molar-refractivity contribution in [1.29, 1.82) is 0 Å². The van der Waals surface area contributed by atoms with Gasteiger partial charge in [-0.25, -0.2) is 4.79 Å². The van der Waals surface area contributed by atoms with Crippen molar-refractivity contribution in [3.05, 3.63) is 58.3 Å². The Balaban J connectivity index is 1.47. The maximum absolute atomic E-state index is 12.7. The van der Waals surface area contributed by atoms with Gasteiger partial charge in [0.1, 0.15) is 17.5 Å². The van der Waals surface area contributed by atoms with Crippen molar-refractivity contribution in [2.45, 2.75) is 25.9 Å². The summed E-state index contributed by atoms with van der Waals surface area (Å²) in [7, 11) is 0. The molecule has 1 N–H and O–H groups in total. The molecule has 2 fully saturated rings. The average Bonchev–Trinajstić information content (AvgIpc) is 3.16. The van der Waals surface area contributed by atoms with Crippen LogP contribution in [0.4, 0.5) is 0 Å². The van der Waals surface area contributed by atoms with Crippen molar-refractivity contribution in [2.24, 2.45) is 11.8 Å². The third-order valence-corrected chi connectivity index (χ3v) is 5.21. The molecule has 2 aromatic rings. The normalized spacial score (nSPS) is 25.0. The lowest BCUT2D eigenvalue weighted by Gasteiger charge is -2.22. The fourth-order valence-electron chi connectivity index (χ4n) is 4.05. The van der Waals surface area contributed by atoms with Crippen LogP contribution in [0.1, 0.15) is 29.0 Å². The van der Waals surface area contributed by atoms with Gasteiger partial charge in [0.05, 0.1) is 0 Å². The van der Waals surface area contributed by atoms with E-state index in [0.29, 0.717) is 30.6 Å². The third kappa shape index (κ3) is 3.16. The number of ether oxygens (including phenoxy) is 1. The fourth-order valence-corrected chi connectivity index (χ4v) is 4.05. The second kappa shape index (κ2) is 6.35. The smallest absolute Gasteiger partial charge is 0.345 e. The molecule has 25 heavy (non-hydrogen) atoms. The predicted octanol–water partition coefficient (Wildman–Crippen LogP) is 2.01. The molecule has 0 unspecified atom stereocenters. The first-order chi connectivity index (χ1) is 12.1. The van der Waals surface area contributed by atoms with Crippen LogP contribution in [0, 0.1) is 18.8 Å². The van der Waals surface area contributed by atoms with Gasteiger partial charge in [-0.05, 0) is 43.9 Å². The van der Waals surface area contributed by atoms with Gasteiger partial charge in [0.25, 0.3) is 5.91 Å². The summed E-state index contributed by atoms with van der Waals surface area (Å²) >= 11 is 0. The van der Waals surface area contributed by atoms with E-state index in [4.69, 9.17) is 4.74 Å². The number of amides is 1. The van der Waals surface area contributed by atoms with E-state index in [1.807, 2.05) is 35.2 Å². The summed E-state index contributed by atoms with van der Waals surface area (Å²) in [5, 5.41) is 0. The number of carbonyl (C=O) groups is 1. The summed E-state index contributed by atoms with van der Waals surface area (Å²) in [4.78, 5) is 32.5. The molecule has 1 saturated heterocycles. The minimum atomic E-state index is -0.479. The van der Waals surface area contributed by atoms with Crippen molar-refractivity contribution in [3.63, 3.8) is 0 Å². The predicted molar refractivity (Wildman–Crippen MR) is 92.6 cm³/mol. The molecule has 1 saturated carbocycles. The van der Waals surface area contributed by atoms with Gasteiger partial charge in [-0.3, -0.25) is 4.79 Å². The van der Waals surface area contributed by atoms with E-state index in [9.17, 15) is 9.59 Å². The zero-order valence-corrected chi connectivity index (χ0v) is 14.1. The van der Waals surface area contributed by atoms with Crippen molar-refractivity contribution in [2.75, 3.05) is 13.1 Å². The number of para-hydroxylation sites is 1. The second-order valence-corrected chi connectivity index (χ2v) is 6.94.